The first-order valence-corrected chi connectivity index (χ1v) is 11.7. The summed E-state index contributed by atoms with van der Waals surface area (Å²) in [4.78, 5) is 13.1. The Hall–Kier alpha value is -1.42. The molecule has 160 valence electrons. The first-order chi connectivity index (χ1) is 13.9. The van der Waals surface area contributed by atoms with Crippen molar-refractivity contribution in [1.82, 2.24) is 5.32 Å². The van der Waals surface area contributed by atoms with Gasteiger partial charge in [-0.25, -0.2) is 0 Å². The number of amides is 1. The third kappa shape index (κ3) is 4.10. The van der Waals surface area contributed by atoms with E-state index in [9.17, 15) is 4.79 Å². The zero-order valence-electron chi connectivity index (χ0n) is 17.9. The maximum Gasteiger partial charge on any atom is 0.251 e. The van der Waals surface area contributed by atoms with Gasteiger partial charge in [0.15, 0.2) is 11.5 Å². The highest BCUT2D eigenvalue weighted by Gasteiger charge is 2.53. The van der Waals surface area contributed by atoms with Crippen LogP contribution in [0.3, 0.4) is 0 Å². The zero-order chi connectivity index (χ0) is 20.6. The molecule has 4 bridgehead atoms. The van der Waals surface area contributed by atoms with Crippen molar-refractivity contribution in [3.8, 4) is 11.5 Å². The van der Waals surface area contributed by atoms with Crippen LogP contribution in [0.4, 0.5) is 0 Å². The summed E-state index contributed by atoms with van der Waals surface area (Å²) >= 11 is 6.46. The largest absolute Gasteiger partial charge is 0.490 e. The molecule has 4 saturated carbocycles. The van der Waals surface area contributed by atoms with Crippen molar-refractivity contribution < 1.29 is 14.3 Å². The summed E-state index contributed by atoms with van der Waals surface area (Å²) in [5.41, 5.74) is 0.820. The lowest BCUT2D eigenvalue weighted by Gasteiger charge is -2.59. The van der Waals surface area contributed by atoms with Gasteiger partial charge in [-0.15, -0.1) is 0 Å². The highest BCUT2D eigenvalue weighted by atomic mass is 35.5. The maximum absolute atomic E-state index is 13.1. The highest BCUT2D eigenvalue weighted by molar-refractivity contribution is 6.32. The van der Waals surface area contributed by atoms with Crippen LogP contribution < -0.4 is 14.8 Å². The lowest BCUT2D eigenvalue weighted by molar-refractivity contribution is -0.0688. The van der Waals surface area contributed by atoms with Gasteiger partial charge in [0.25, 0.3) is 5.91 Å². The van der Waals surface area contributed by atoms with Gasteiger partial charge in [-0.05, 0) is 94.1 Å². The maximum atomic E-state index is 13.1. The fraction of sp³-hybridized carbons (Fsp3) is 0.708. The molecule has 5 rings (SSSR count). The van der Waals surface area contributed by atoms with Gasteiger partial charge in [0.05, 0.1) is 18.2 Å². The average molecular weight is 420 g/mol. The number of hydrogen-bond acceptors (Lipinski definition) is 3. The highest BCUT2D eigenvalue weighted by Crippen LogP contribution is 2.61. The lowest BCUT2D eigenvalue weighted by Crippen LogP contribution is -2.55. The summed E-state index contributed by atoms with van der Waals surface area (Å²) < 4.78 is 11.5. The summed E-state index contributed by atoms with van der Waals surface area (Å²) in [5, 5.41) is 3.75. The Morgan fingerprint density at radius 3 is 2.31 bits per heavy atom. The van der Waals surface area contributed by atoms with Crippen LogP contribution in [-0.4, -0.2) is 25.2 Å². The van der Waals surface area contributed by atoms with Crippen LogP contribution in [0.15, 0.2) is 12.1 Å². The number of nitrogens with one attached hydrogen (secondary N) is 1. The van der Waals surface area contributed by atoms with E-state index in [2.05, 4.69) is 12.2 Å². The van der Waals surface area contributed by atoms with Crippen molar-refractivity contribution in [2.45, 2.75) is 71.8 Å². The fourth-order valence-electron chi connectivity index (χ4n) is 6.45. The number of rotatable bonds is 8. The molecule has 1 N–H and O–H groups in total. The summed E-state index contributed by atoms with van der Waals surface area (Å²) in [6, 6.07) is 3.65. The first-order valence-electron chi connectivity index (χ1n) is 11.3. The second-order valence-corrected chi connectivity index (χ2v) is 9.95. The van der Waals surface area contributed by atoms with E-state index in [-0.39, 0.29) is 17.4 Å². The quantitative estimate of drug-likeness (QED) is 0.573. The van der Waals surface area contributed by atoms with Crippen molar-refractivity contribution in [2.24, 2.45) is 23.2 Å². The summed E-state index contributed by atoms with van der Waals surface area (Å²) in [6.45, 7) is 7.22. The molecule has 4 aliphatic rings. The molecule has 0 saturated heterocycles. The molecule has 0 heterocycles. The monoisotopic (exact) mass is 419 g/mol. The van der Waals surface area contributed by atoms with E-state index in [1.807, 2.05) is 13.8 Å². The van der Waals surface area contributed by atoms with E-state index in [0.29, 0.717) is 35.3 Å². The van der Waals surface area contributed by atoms with Gasteiger partial charge in [-0.2, -0.15) is 0 Å². The molecule has 4 fully saturated rings. The Morgan fingerprint density at radius 1 is 1.14 bits per heavy atom. The van der Waals surface area contributed by atoms with Gasteiger partial charge < -0.3 is 14.8 Å². The summed E-state index contributed by atoms with van der Waals surface area (Å²) in [7, 11) is 0. The van der Waals surface area contributed by atoms with Gasteiger partial charge in [-0.3, -0.25) is 4.79 Å². The average Bonchev–Trinajstić information content (AvgIpc) is 2.66. The van der Waals surface area contributed by atoms with Crippen molar-refractivity contribution >= 4 is 17.5 Å². The third-order valence-corrected chi connectivity index (χ3v) is 7.65. The normalized spacial score (nSPS) is 30.8. The minimum Gasteiger partial charge on any atom is -0.490 e. The topological polar surface area (TPSA) is 47.6 Å². The van der Waals surface area contributed by atoms with Crippen LogP contribution >= 0.6 is 11.6 Å². The SMILES string of the molecule is CCCOc1c(Cl)cc(C(=O)N[C@@H](C)C23CC4CC(CC(C4)C2)C3)cc1OCC. The third-order valence-electron chi connectivity index (χ3n) is 7.37. The van der Waals surface area contributed by atoms with Gasteiger partial charge in [0, 0.05) is 11.6 Å². The van der Waals surface area contributed by atoms with Crippen molar-refractivity contribution in [1.29, 1.82) is 0 Å². The van der Waals surface area contributed by atoms with E-state index in [4.69, 9.17) is 21.1 Å². The Balaban J connectivity index is 1.50. The minimum absolute atomic E-state index is 0.0712. The predicted molar refractivity (Wildman–Crippen MR) is 116 cm³/mol. The van der Waals surface area contributed by atoms with Crippen LogP contribution in [0.1, 0.15) is 76.1 Å². The van der Waals surface area contributed by atoms with Gasteiger partial charge in [-0.1, -0.05) is 18.5 Å². The fourth-order valence-corrected chi connectivity index (χ4v) is 6.71. The van der Waals surface area contributed by atoms with Crippen molar-refractivity contribution in [3.63, 3.8) is 0 Å². The number of halogens is 1. The second-order valence-electron chi connectivity index (χ2n) is 9.54. The molecule has 0 spiro atoms. The van der Waals surface area contributed by atoms with E-state index < -0.39 is 0 Å². The van der Waals surface area contributed by atoms with Crippen LogP contribution in [0.5, 0.6) is 11.5 Å². The molecule has 1 aromatic rings. The molecule has 0 aromatic heterocycles. The Labute approximate surface area is 179 Å². The molecular formula is C24H34ClNO3. The number of carbonyl (C=O) groups excluding carboxylic acids is 1. The molecule has 1 aromatic carbocycles. The van der Waals surface area contributed by atoms with E-state index in [1.165, 1.54) is 38.5 Å². The van der Waals surface area contributed by atoms with Crippen LogP contribution in [-0.2, 0) is 0 Å². The number of carbonyl (C=O) groups is 1. The lowest BCUT2D eigenvalue weighted by atomic mass is 9.48. The van der Waals surface area contributed by atoms with E-state index >= 15 is 0 Å². The van der Waals surface area contributed by atoms with E-state index in [0.717, 1.165) is 24.2 Å². The van der Waals surface area contributed by atoms with Gasteiger partial charge in [0.1, 0.15) is 0 Å². The summed E-state index contributed by atoms with van der Waals surface area (Å²) in [6.07, 6.45) is 8.93. The van der Waals surface area contributed by atoms with Crippen LogP contribution in [0.25, 0.3) is 0 Å². The second kappa shape index (κ2) is 8.37. The van der Waals surface area contributed by atoms with E-state index in [1.54, 1.807) is 12.1 Å². The van der Waals surface area contributed by atoms with Crippen molar-refractivity contribution in [2.75, 3.05) is 13.2 Å². The molecule has 0 unspecified atom stereocenters. The molecule has 0 aliphatic heterocycles. The molecule has 5 heteroatoms. The van der Waals surface area contributed by atoms with Gasteiger partial charge >= 0.3 is 0 Å². The first kappa shape index (κ1) is 20.8. The molecule has 4 aliphatic carbocycles. The molecule has 0 radical (unpaired) electrons. The van der Waals surface area contributed by atoms with Crippen LogP contribution in [0, 0.1) is 23.2 Å². The Bertz CT molecular complexity index is 727. The molecular weight excluding hydrogens is 386 g/mol. The Kier molecular flexibility index (Phi) is 6.02. The minimum atomic E-state index is -0.0712. The summed E-state index contributed by atoms with van der Waals surface area (Å²) in [5.74, 6) is 3.61. The zero-order valence-corrected chi connectivity index (χ0v) is 18.7. The van der Waals surface area contributed by atoms with Gasteiger partial charge in [0.2, 0.25) is 0 Å². The van der Waals surface area contributed by atoms with Crippen molar-refractivity contribution in [3.05, 3.63) is 22.7 Å². The Morgan fingerprint density at radius 2 is 1.76 bits per heavy atom. The van der Waals surface area contributed by atoms with Crippen LogP contribution in [0.2, 0.25) is 5.02 Å². The molecule has 1 amide bonds. The standard InChI is InChI=1S/C24H34ClNO3/c1-4-6-29-22-20(25)10-19(11-21(22)28-5-2)23(27)26-15(3)24-12-16-7-17(13-24)9-18(8-16)14-24/h10-11,15-18H,4-9,12-14H2,1-3H3,(H,26,27)/t15-,16?,17?,18?,24?/m0/s1. The number of hydrogen-bond donors (Lipinski definition) is 1. The molecule has 4 nitrogen and oxygen atoms in total. The predicted octanol–water partition coefficient (Wildman–Crippen LogP) is 5.86. The molecule has 1 atom stereocenters. The molecule has 29 heavy (non-hydrogen) atoms. The smallest absolute Gasteiger partial charge is 0.251 e. The number of benzene rings is 1. The number of ether oxygens (including phenoxy) is 2.